The van der Waals surface area contributed by atoms with Gasteiger partial charge in [0.05, 0.1) is 7.11 Å². The van der Waals surface area contributed by atoms with E-state index in [9.17, 15) is 13.6 Å². The van der Waals surface area contributed by atoms with Gasteiger partial charge in [-0.25, -0.2) is 8.78 Å². The summed E-state index contributed by atoms with van der Waals surface area (Å²) in [7, 11) is 1.61. The van der Waals surface area contributed by atoms with Gasteiger partial charge in [-0.1, -0.05) is 25.1 Å². The summed E-state index contributed by atoms with van der Waals surface area (Å²) in [5, 5.41) is 0. The van der Waals surface area contributed by atoms with Gasteiger partial charge in [-0.15, -0.1) is 0 Å². The van der Waals surface area contributed by atoms with Gasteiger partial charge >= 0.3 is 0 Å². The van der Waals surface area contributed by atoms with Crippen LogP contribution in [0.4, 0.5) is 14.5 Å². The summed E-state index contributed by atoms with van der Waals surface area (Å²) >= 11 is 0. The van der Waals surface area contributed by atoms with Gasteiger partial charge in [0.15, 0.2) is 11.6 Å². The molecule has 0 N–H and O–H groups in total. The Morgan fingerprint density at radius 1 is 1.18 bits per heavy atom. The molecule has 150 valence electrons. The van der Waals surface area contributed by atoms with E-state index in [4.69, 9.17) is 4.74 Å². The number of rotatable bonds is 6. The van der Waals surface area contributed by atoms with E-state index in [0.29, 0.717) is 24.3 Å². The van der Waals surface area contributed by atoms with Crippen molar-refractivity contribution in [1.82, 2.24) is 4.90 Å². The van der Waals surface area contributed by atoms with E-state index >= 15 is 0 Å². The second-order valence-electron chi connectivity index (χ2n) is 7.04. The number of piperidine rings is 1. The molecule has 0 radical (unpaired) electrons. The largest absolute Gasteiger partial charge is 0.497 e. The number of carbonyl (C=O) groups is 1. The Labute approximate surface area is 164 Å². The summed E-state index contributed by atoms with van der Waals surface area (Å²) in [6, 6.07) is 11.9. The van der Waals surface area contributed by atoms with E-state index in [1.54, 1.807) is 13.2 Å². The Balaban J connectivity index is 1.70. The fourth-order valence-electron chi connectivity index (χ4n) is 3.74. The molecule has 0 saturated carbocycles. The summed E-state index contributed by atoms with van der Waals surface area (Å²) in [6.07, 6.45) is 1.98. The van der Waals surface area contributed by atoms with Crippen LogP contribution in [0.2, 0.25) is 0 Å². The van der Waals surface area contributed by atoms with Crippen LogP contribution in [-0.4, -0.2) is 37.0 Å². The molecular weight excluding hydrogens is 362 g/mol. The standard InChI is InChI=1S/C22H26F2N2O2/c1-3-21(27)26(18-7-5-8-19(14-18)28-2)17-10-12-25(13-11-17)15-16-6-4-9-20(23)22(16)24/h4-9,14,17H,3,10-13,15H2,1-2H3. The Bertz CT molecular complexity index is 820. The van der Waals surface area contributed by atoms with Crippen LogP contribution in [-0.2, 0) is 11.3 Å². The Hall–Kier alpha value is -2.47. The highest BCUT2D eigenvalue weighted by molar-refractivity contribution is 5.94. The summed E-state index contributed by atoms with van der Waals surface area (Å²) in [5.41, 5.74) is 1.20. The molecule has 2 aromatic rings. The van der Waals surface area contributed by atoms with Gasteiger partial charge in [-0.2, -0.15) is 0 Å². The highest BCUT2D eigenvalue weighted by Crippen LogP contribution is 2.28. The van der Waals surface area contributed by atoms with Crippen molar-refractivity contribution in [2.75, 3.05) is 25.1 Å². The molecule has 0 aromatic heterocycles. The van der Waals surface area contributed by atoms with E-state index in [2.05, 4.69) is 4.90 Å². The third-order valence-electron chi connectivity index (χ3n) is 5.25. The van der Waals surface area contributed by atoms with Crippen molar-refractivity contribution in [1.29, 1.82) is 0 Å². The molecule has 0 unspecified atom stereocenters. The maximum Gasteiger partial charge on any atom is 0.226 e. The molecule has 1 fully saturated rings. The van der Waals surface area contributed by atoms with Crippen molar-refractivity contribution < 1.29 is 18.3 Å². The number of benzene rings is 2. The number of carbonyl (C=O) groups excluding carboxylic acids is 1. The van der Waals surface area contributed by atoms with Crippen molar-refractivity contribution in [2.45, 2.75) is 38.8 Å². The van der Waals surface area contributed by atoms with Crippen molar-refractivity contribution in [3.8, 4) is 5.75 Å². The van der Waals surface area contributed by atoms with Crippen LogP contribution in [0.25, 0.3) is 0 Å². The van der Waals surface area contributed by atoms with Crippen LogP contribution < -0.4 is 9.64 Å². The highest BCUT2D eigenvalue weighted by atomic mass is 19.2. The first kappa shape index (κ1) is 20.3. The molecule has 0 atom stereocenters. The SMILES string of the molecule is CCC(=O)N(c1cccc(OC)c1)C1CCN(Cc2cccc(F)c2F)CC1. The third kappa shape index (κ3) is 4.50. The molecule has 3 rings (SSSR count). The predicted octanol–water partition coefficient (Wildman–Crippen LogP) is 4.38. The third-order valence-corrected chi connectivity index (χ3v) is 5.25. The number of halogens is 2. The van der Waals surface area contributed by atoms with Crippen LogP contribution in [0.5, 0.6) is 5.75 Å². The number of methoxy groups -OCH3 is 1. The van der Waals surface area contributed by atoms with Crippen molar-refractivity contribution in [2.24, 2.45) is 0 Å². The number of hydrogen-bond donors (Lipinski definition) is 0. The van der Waals surface area contributed by atoms with Crippen LogP contribution in [0.15, 0.2) is 42.5 Å². The minimum atomic E-state index is -0.815. The molecule has 1 saturated heterocycles. The van der Waals surface area contributed by atoms with Crippen molar-refractivity contribution in [3.63, 3.8) is 0 Å². The van der Waals surface area contributed by atoms with Gasteiger partial charge in [0, 0.05) is 49.4 Å². The molecule has 1 aliphatic rings. The first-order chi connectivity index (χ1) is 13.5. The smallest absolute Gasteiger partial charge is 0.226 e. The van der Waals surface area contributed by atoms with Gasteiger partial charge in [-0.3, -0.25) is 9.69 Å². The summed E-state index contributed by atoms with van der Waals surface area (Å²) < 4.78 is 32.7. The number of ether oxygens (including phenoxy) is 1. The van der Waals surface area contributed by atoms with E-state index in [-0.39, 0.29) is 11.9 Å². The number of amides is 1. The average Bonchev–Trinajstić information content (AvgIpc) is 2.73. The van der Waals surface area contributed by atoms with E-state index in [1.165, 1.54) is 6.07 Å². The van der Waals surface area contributed by atoms with E-state index in [0.717, 1.165) is 37.7 Å². The maximum absolute atomic E-state index is 13.9. The molecule has 6 heteroatoms. The molecule has 1 aliphatic heterocycles. The quantitative estimate of drug-likeness (QED) is 0.736. The maximum atomic E-state index is 13.9. The Morgan fingerprint density at radius 3 is 2.57 bits per heavy atom. The van der Waals surface area contributed by atoms with E-state index < -0.39 is 11.6 Å². The van der Waals surface area contributed by atoms with Crippen LogP contribution in [0.3, 0.4) is 0 Å². The summed E-state index contributed by atoms with van der Waals surface area (Å²) in [5.74, 6) is -0.804. The zero-order chi connectivity index (χ0) is 20.1. The Morgan fingerprint density at radius 2 is 1.89 bits per heavy atom. The molecule has 4 nitrogen and oxygen atoms in total. The van der Waals surface area contributed by atoms with Crippen LogP contribution in [0.1, 0.15) is 31.7 Å². The highest BCUT2D eigenvalue weighted by Gasteiger charge is 2.29. The van der Waals surface area contributed by atoms with Gasteiger partial charge in [0.1, 0.15) is 5.75 Å². The van der Waals surface area contributed by atoms with Gasteiger partial charge in [0.2, 0.25) is 5.91 Å². The van der Waals surface area contributed by atoms with Crippen molar-refractivity contribution in [3.05, 3.63) is 59.7 Å². The molecule has 1 amide bonds. The zero-order valence-electron chi connectivity index (χ0n) is 16.3. The molecule has 0 aliphatic carbocycles. The molecule has 0 bridgehead atoms. The topological polar surface area (TPSA) is 32.8 Å². The second kappa shape index (κ2) is 9.15. The molecular formula is C22H26F2N2O2. The van der Waals surface area contributed by atoms with Crippen LogP contribution >= 0.6 is 0 Å². The minimum absolute atomic E-state index is 0.0721. The van der Waals surface area contributed by atoms with Gasteiger partial charge in [-0.05, 0) is 31.0 Å². The Kier molecular flexibility index (Phi) is 6.62. The molecule has 0 spiro atoms. The fraction of sp³-hybridized carbons (Fsp3) is 0.409. The first-order valence-electron chi connectivity index (χ1n) is 9.64. The average molecular weight is 388 g/mol. The molecule has 28 heavy (non-hydrogen) atoms. The lowest BCUT2D eigenvalue weighted by atomic mass is 10.0. The minimum Gasteiger partial charge on any atom is -0.497 e. The summed E-state index contributed by atoms with van der Waals surface area (Å²) in [6.45, 7) is 3.67. The zero-order valence-corrected chi connectivity index (χ0v) is 16.3. The molecule has 2 aromatic carbocycles. The van der Waals surface area contributed by atoms with Crippen LogP contribution in [0, 0.1) is 11.6 Å². The number of likely N-dealkylation sites (tertiary alicyclic amines) is 1. The normalized spacial score (nSPS) is 15.4. The monoisotopic (exact) mass is 388 g/mol. The number of hydrogen-bond acceptors (Lipinski definition) is 3. The van der Waals surface area contributed by atoms with Crippen molar-refractivity contribution >= 4 is 11.6 Å². The summed E-state index contributed by atoms with van der Waals surface area (Å²) in [4.78, 5) is 16.6. The van der Waals surface area contributed by atoms with Gasteiger partial charge < -0.3 is 9.64 Å². The fourth-order valence-corrected chi connectivity index (χ4v) is 3.74. The number of nitrogens with zero attached hydrogens (tertiary/aromatic N) is 2. The predicted molar refractivity (Wildman–Crippen MR) is 105 cm³/mol. The molecule has 1 heterocycles. The lowest BCUT2D eigenvalue weighted by molar-refractivity contribution is -0.119. The second-order valence-corrected chi connectivity index (χ2v) is 7.04. The van der Waals surface area contributed by atoms with Gasteiger partial charge in [0.25, 0.3) is 0 Å². The lowest BCUT2D eigenvalue weighted by Gasteiger charge is -2.38. The lowest BCUT2D eigenvalue weighted by Crippen LogP contribution is -2.47. The number of anilines is 1. The first-order valence-corrected chi connectivity index (χ1v) is 9.64. The van der Waals surface area contributed by atoms with E-state index in [1.807, 2.05) is 36.1 Å².